The van der Waals surface area contributed by atoms with Crippen LogP contribution in [0.4, 0.5) is 0 Å². The van der Waals surface area contributed by atoms with E-state index in [4.69, 9.17) is 5.11 Å². The van der Waals surface area contributed by atoms with Crippen molar-refractivity contribution in [1.29, 1.82) is 0 Å². The van der Waals surface area contributed by atoms with E-state index < -0.39 is 5.97 Å². The first-order valence-corrected chi connectivity index (χ1v) is 10.0. The zero-order valence-corrected chi connectivity index (χ0v) is 15.3. The summed E-state index contributed by atoms with van der Waals surface area (Å²) in [6.07, 6.45) is 14.0. The van der Waals surface area contributed by atoms with Gasteiger partial charge >= 0.3 is 5.97 Å². The van der Waals surface area contributed by atoms with E-state index in [1.54, 1.807) is 6.92 Å². The van der Waals surface area contributed by atoms with Gasteiger partial charge in [-0.15, -0.1) is 11.8 Å². The highest BCUT2D eigenvalue weighted by Gasteiger charge is 2.09. The fraction of sp³-hybridized carbons (Fsp3) is 0.941. The third-order valence-corrected chi connectivity index (χ3v) is 5.18. The van der Waals surface area contributed by atoms with Gasteiger partial charge < -0.3 is 5.11 Å². The zero-order valence-electron chi connectivity index (χ0n) is 14.5. The fourth-order valence-electron chi connectivity index (χ4n) is 2.44. The Kier molecular flexibility index (Phi) is 15.5. The van der Waals surface area contributed by atoms with Gasteiger partial charge in [0, 0.05) is 11.3 Å². The highest BCUT2D eigenvalue weighted by Crippen LogP contribution is 2.15. The number of carbonyl (C=O) groups is 1. The molecule has 0 rings (SSSR count). The van der Waals surface area contributed by atoms with Gasteiger partial charge in [0.2, 0.25) is 6.54 Å². The number of hydrogen-bond donors (Lipinski definition) is 1. The van der Waals surface area contributed by atoms with Gasteiger partial charge in [-0.3, -0.25) is 14.9 Å². The first kappa shape index (κ1) is 22.2. The minimum atomic E-state index is -0.715. The van der Waals surface area contributed by atoms with E-state index in [0.29, 0.717) is 0 Å². The third-order valence-electron chi connectivity index (χ3n) is 3.95. The second kappa shape index (κ2) is 16.1. The molecule has 0 heterocycles. The van der Waals surface area contributed by atoms with Crippen LogP contribution in [-0.4, -0.2) is 33.5 Å². The van der Waals surface area contributed by atoms with Gasteiger partial charge in [-0.1, -0.05) is 57.8 Å². The summed E-state index contributed by atoms with van der Waals surface area (Å²) in [4.78, 5) is 20.6. The number of unbranched alkanes of at least 4 members (excludes halogenated alkanes) is 11. The van der Waals surface area contributed by atoms with Crippen molar-refractivity contribution in [3.8, 4) is 0 Å². The highest BCUT2D eigenvalue weighted by atomic mass is 32.2. The molecule has 1 unspecified atom stereocenters. The SMILES string of the molecule is CC(SCCCCCCCCCCCCCC[N+](=O)[O-])C(=O)O. The molecule has 0 radical (unpaired) electrons. The average Bonchev–Trinajstić information content (AvgIpc) is 2.50. The molecule has 1 N–H and O–H groups in total. The number of nitrogens with zero attached hydrogens (tertiary/aromatic N) is 1. The Morgan fingerprint density at radius 2 is 1.30 bits per heavy atom. The van der Waals surface area contributed by atoms with Crippen LogP contribution >= 0.6 is 11.8 Å². The molecule has 136 valence electrons. The maximum absolute atomic E-state index is 10.6. The summed E-state index contributed by atoms with van der Waals surface area (Å²) in [6.45, 7) is 1.86. The second-order valence-electron chi connectivity index (χ2n) is 6.15. The highest BCUT2D eigenvalue weighted by molar-refractivity contribution is 8.00. The summed E-state index contributed by atoms with van der Waals surface area (Å²) in [5.74, 6) is 0.233. The molecular formula is C17H33NO4S. The van der Waals surface area contributed by atoms with E-state index in [-0.39, 0.29) is 16.7 Å². The maximum atomic E-state index is 10.6. The number of hydrogen-bond acceptors (Lipinski definition) is 4. The molecule has 5 nitrogen and oxygen atoms in total. The van der Waals surface area contributed by atoms with Crippen molar-refractivity contribution in [2.45, 2.75) is 89.2 Å². The van der Waals surface area contributed by atoms with Crippen LogP contribution in [0.25, 0.3) is 0 Å². The summed E-state index contributed by atoms with van der Waals surface area (Å²) < 4.78 is 0. The molecule has 0 aromatic heterocycles. The van der Waals surface area contributed by atoms with Crippen LogP contribution < -0.4 is 0 Å². The molecule has 0 amide bonds. The second-order valence-corrected chi connectivity index (χ2v) is 7.60. The minimum absolute atomic E-state index is 0.119. The van der Waals surface area contributed by atoms with Gasteiger partial charge in [-0.05, 0) is 25.5 Å². The molecule has 0 aliphatic heterocycles. The normalized spacial score (nSPS) is 12.2. The van der Waals surface area contributed by atoms with Crippen molar-refractivity contribution in [3.63, 3.8) is 0 Å². The van der Waals surface area contributed by atoms with Gasteiger partial charge in [0.25, 0.3) is 0 Å². The van der Waals surface area contributed by atoms with Crippen LogP contribution in [0.3, 0.4) is 0 Å². The Labute approximate surface area is 144 Å². The van der Waals surface area contributed by atoms with Crippen molar-refractivity contribution in [3.05, 3.63) is 10.1 Å². The van der Waals surface area contributed by atoms with E-state index in [9.17, 15) is 14.9 Å². The maximum Gasteiger partial charge on any atom is 0.316 e. The van der Waals surface area contributed by atoms with Gasteiger partial charge in [0.15, 0.2) is 0 Å². The lowest BCUT2D eigenvalue weighted by molar-refractivity contribution is -0.480. The number of carboxylic acids is 1. The zero-order chi connectivity index (χ0) is 17.3. The van der Waals surface area contributed by atoms with Crippen molar-refractivity contribution in [2.24, 2.45) is 0 Å². The summed E-state index contributed by atoms with van der Waals surface area (Å²) in [5, 5.41) is 18.6. The predicted octanol–water partition coefficient (Wildman–Crippen LogP) is 5.15. The largest absolute Gasteiger partial charge is 0.480 e. The quantitative estimate of drug-likeness (QED) is 0.223. The number of thioether (sulfide) groups is 1. The Bertz CT molecular complexity index is 313. The van der Waals surface area contributed by atoms with Gasteiger partial charge in [-0.2, -0.15) is 0 Å². The first-order valence-electron chi connectivity index (χ1n) is 9.00. The Hall–Kier alpha value is -0.780. The molecule has 0 spiro atoms. The number of aliphatic carboxylic acids is 1. The number of rotatable bonds is 17. The van der Waals surface area contributed by atoms with Crippen LogP contribution in [0, 0.1) is 10.1 Å². The monoisotopic (exact) mass is 347 g/mol. The first-order chi connectivity index (χ1) is 11.0. The van der Waals surface area contributed by atoms with E-state index in [1.165, 1.54) is 63.1 Å². The lowest BCUT2D eigenvalue weighted by Gasteiger charge is -2.05. The standard InChI is InChI=1S/C17H33NO4S/c1-16(17(19)20)23-15-13-11-9-7-5-3-2-4-6-8-10-12-14-18(21)22/h16H,2-15H2,1H3,(H,19,20). The van der Waals surface area contributed by atoms with Gasteiger partial charge in [-0.25, -0.2) is 0 Å². The summed E-state index contributed by atoms with van der Waals surface area (Å²) >= 11 is 1.53. The van der Waals surface area contributed by atoms with Crippen LogP contribution in [0.15, 0.2) is 0 Å². The van der Waals surface area contributed by atoms with Crippen molar-refractivity contribution < 1.29 is 14.8 Å². The topological polar surface area (TPSA) is 80.4 Å². The Morgan fingerprint density at radius 3 is 1.70 bits per heavy atom. The molecular weight excluding hydrogens is 314 g/mol. The molecule has 0 aliphatic rings. The molecule has 0 aromatic carbocycles. The minimum Gasteiger partial charge on any atom is -0.480 e. The van der Waals surface area contributed by atoms with E-state index >= 15 is 0 Å². The molecule has 0 aliphatic carbocycles. The van der Waals surface area contributed by atoms with Crippen LogP contribution in [0.1, 0.15) is 84.0 Å². The van der Waals surface area contributed by atoms with Gasteiger partial charge in [0.05, 0.1) is 5.25 Å². The lowest BCUT2D eigenvalue weighted by Crippen LogP contribution is -2.11. The van der Waals surface area contributed by atoms with Crippen molar-refractivity contribution in [2.75, 3.05) is 12.3 Å². The van der Waals surface area contributed by atoms with E-state index in [0.717, 1.165) is 31.4 Å². The smallest absolute Gasteiger partial charge is 0.316 e. The number of carboxylic acid groups (broad SMARTS) is 1. The van der Waals surface area contributed by atoms with Crippen molar-refractivity contribution >= 4 is 17.7 Å². The summed E-state index contributed by atoms with van der Waals surface area (Å²) in [5.41, 5.74) is 0. The molecule has 0 bridgehead atoms. The number of nitro groups is 1. The lowest BCUT2D eigenvalue weighted by atomic mass is 10.1. The summed E-state index contributed by atoms with van der Waals surface area (Å²) in [7, 11) is 0. The summed E-state index contributed by atoms with van der Waals surface area (Å²) in [6, 6.07) is 0. The van der Waals surface area contributed by atoms with E-state index in [1.807, 2.05) is 0 Å². The Morgan fingerprint density at radius 1 is 0.913 bits per heavy atom. The van der Waals surface area contributed by atoms with Gasteiger partial charge in [0.1, 0.15) is 0 Å². The fourth-order valence-corrected chi connectivity index (χ4v) is 3.31. The average molecular weight is 348 g/mol. The Balaban J connectivity index is 3.08. The van der Waals surface area contributed by atoms with Crippen LogP contribution in [0.2, 0.25) is 0 Å². The van der Waals surface area contributed by atoms with E-state index in [2.05, 4.69) is 0 Å². The van der Waals surface area contributed by atoms with Crippen LogP contribution in [0.5, 0.6) is 0 Å². The van der Waals surface area contributed by atoms with Crippen LogP contribution in [-0.2, 0) is 4.79 Å². The molecule has 1 atom stereocenters. The predicted molar refractivity (Wildman–Crippen MR) is 96.8 cm³/mol. The molecule has 0 aromatic rings. The molecule has 0 saturated carbocycles. The molecule has 6 heteroatoms. The molecule has 0 fully saturated rings. The van der Waals surface area contributed by atoms with Crippen molar-refractivity contribution in [1.82, 2.24) is 0 Å². The molecule has 23 heavy (non-hydrogen) atoms. The third kappa shape index (κ3) is 17.4. The molecule has 0 saturated heterocycles.